The molecule has 4 heteroatoms. The summed E-state index contributed by atoms with van der Waals surface area (Å²) in [4.78, 5) is 0. The maximum absolute atomic E-state index is 13.5. The Morgan fingerprint density at radius 1 is 1.16 bits per heavy atom. The number of nitrogens with one attached hydrogen (secondary N) is 1. The molecule has 2 rings (SSSR count). The standard InChI is InChI=1S/C15H17FN2O/c1-18-15(10-3-6-12(17)7-4-10)13-9-11(16)5-8-14(13)19-2/h3-9,15,18H,17H2,1-2H3. The Hall–Kier alpha value is -2.07. The molecule has 1 atom stereocenters. The second kappa shape index (κ2) is 5.71. The lowest BCUT2D eigenvalue weighted by atomic mass is 9.97. The Labute approximate surface area is 112 Å². The number of hydrogen-bond donors (Lipinski definition) is 2. The zero-order valence-corrected chi connectivity index (χ0v) is 11.0. The second-order valence-corrected chi connectivity index (χ2v) is 4.27. The van der Waals surface area contributed by atoms with Crippen LogP contribution in [0, 0.1) is 5.82 Å². The van der Waals surface area contributed by atoms with Gasteiger partial charge < -0.3 is 15.8 Å². The minimum Gasteiger partial charge on any atom is -0.496 e. The van der Waals surface area contributed by atoms with Gasteiger partial charge in [0.15, 0.2) is 0 Å². The van der Waals surface area contributed by atoms with Crippen LogP contribution in [-0.4, -0.2) is 14.2 Å². The molecule has 0 amide bonds. The minimum atomic E-state index is -0.286. The lowest BCUT2D eigenvalue weighted by molar-refractivity contribution is 0.404. The van der Waals surface area contributed by atoms with Crippen molar-refractivity contribution in [1.29, 1.82) is 0 Å². The van der Waals surface area contributed by atoms with E-state index in [0.29, 0.717) is 11.4 Å². The van der Waals surface area contributed by atoms with Crippen LogP contribution in [0.15, 0.2) is 42.5 Å². The SMILES string of the molecule is CNC(c1ccc(N)cc1)c1cc(F)ccc1OC. The molecule has 0 aliphatic heterocycles. The van der Waals surface area contributed by atoms with Crippen LogP contribution in [0.25, 0.3) is 0 Å². The van der Waals surface area contributed by atoms with E-state index in [1.165, 1.54) is 12.1 Å². The number of anilines is 1. The van der Waals surface area contributed by atoms with Gasteiger partial charge in [0.2, 0.25) is 0 Å². The van der Waals surface area contributed by atoms with Gasteiger partial charge in [-0.3, -0.25) is 0 Å². The van der Waals surface area contributed by atoms with E-state index < -0.39 is 0 Å². The van der Waals surface area contributed by atoms with E-state index in [1.807, 2.05) is 31.3 Å². The van der Waals surface area contributed by atoms with E-state index in [-0.39, 0.29) is 11.9 Å². The molecule has 0 aliphatic carbocycles. The summed E-state index contributed by atoms with van der Waals surface area (Å²) in [6.45, 7) is 0. The van der Waals surface area contributed by atoms with Gasteiger partial charge in [-0.1, -0.05) is 12.1 Å². The van der Waals surface area contributed by atoms with E-state index in [9.17, 15) is 4.39 Å². The van der Waals surface area contributed by atoms with Crippen LogP contribution in [0.1, 0.15) is 17.2 Å². The maximum atomic E-state index is 13.5. The number of halogens is 1. The van der Waals surface area contributed by atoms with Gasteiger partial charge in [0.05, 0.1) is 13.2 Å². The van der Waals surface area contributed by atoms with Crippen LogP contribution in [0.2, 0.25) is 0 Å². The third-order valence-electron chi connectivity index (χ3n) is 3.06. The lowest BCUT2D eigenvalue weighted by Crippen LogP contribution is -2.18. The van der Waals surface area contributed by atoms with Gasteiger partial charge in [-0.15, -0.1) is 0 Å². The lowest BCUT2D eigenvalue weighted by Gasteiger charge is -2.20. The first kappa shape index (κ1) is 13.4. The summed E-state index contributed by atoms with van der Waals surface area (Å²) in [7, 11) is 3.40. The normalized spacial score (nSPS) is 12.2. The van der Waals surface area contributed by atoms with Gasteiger partial charge in [-0.2, -0.15) is 0 Å². The Morgan fingerprint density at radius 3 is 2.42 bits per heavy atom. The highest BCUT2D eigenvalue weighted by Gasteiger charge is 2.17. The fourth-order valence-corrected chi connectivity index (χ4v) is 2.12. The average molecular weight is 260 g/mol. The predicted molar refractivity (Wildman–Crippen MR) is 74.7 cm³/mol. The number of hydrogen-bond acceptors (Lipinski definition) is 3. The second-order valence-electron chi connectivity index (χ2n) is 4.27. The zero-order chi connectivity index (χ0) is 13.8. The Kier molecular flexibility index (Phi) is 4.02. The molecule has 1 unspecified atom stereocenters. The molecular formula is C15H17FN2O. The van der Waals surface area contributed by atoms with Crippen LogP contribution >= 0.6 is 0 Å². The highest BCUT2D eigenvalue weighted by molar-refractivity contribution is 5.45. The first-order chi connectivity index (χ1) is 9.15. The maximum Gasteiger partial charge on any atom is 0.124 e. The molecule has 0 heterocycles. The first-order valence-electron chi connectivity index (χ1n) is 6.02. The average Bonchev–Trinajstić information content (AvgIpc) is 2.42. The molecule has 19 heavy (non-hydrogen) atoms. The predicted octanol–water partition coefficient (Wildman–Crippen LogP) is 2.73. The van der Waals surface area contributed by atoms with Crippen molar-refractivity contribution in [3.05, 3.63) is 59.4 Å². The van der Waals surface area contributed by atoms with Crippen molar-refractivity contribution < 1.29 is 9.13 Å². The van der Waals surface area contributed by atoms with Gasteiger partial charge in [0.1, 0.15) is 11.6 Å². The van der Waals surface area contributed by atoms with E-state index >= 15 is 0 Å². The minimum absolute atomic E-state index is 0.147. The quantitative estimate of drug-likeness (QED) is 0.831. The van der Waals surface area contributed by atoms with Crippen molar-refractivity contribution in [3.8, 4) is 5.75 Å². The Balaban J connectivity index is 2.47. The monoisotopic (exact) mass is 260 g/mol. The number of benzene rings is 2. The molecule has 0 saturated heterocycles. The number of ether oxygens (including phenoxy) is 1. The molecule has 0 bridgehead atoms. The summed E-state index contributed by atoms with van der Waals surface area (Å²) < 4.78 is 18.8. The molecule has 0 radical (unpaired) electrons. The number of nitrogen functional groups attached to an aromatic ring is 1. The zero-order valence-electron chi connectivity index (χ0n) is 11.0. The smallest absolute Gasteiger partial charge is 0.124 e. The molecule has 100 valence electrons. The van der Waals surface area contributed by atoms with E-state index in [2.05, 4.69) is 5.32 Å². The van der Waals surface area contributed by atoms with Crippen molar-refractivity contribution in [2.45, 2.75) is 6.04 Å². The van der Waals surface area contributed by atoms with Crippen molar-refractivity contribution in [1.82, 2.24) is 5.32 Å². The van der Waals surface area contributed by atoms with E-state index in [1.54, 1.807) is 13.2 Å². The summed E-state index contributed by atoms with van der Waals surface area (Å²) in [6, 6.07) is 11.8. The van der Waals surface area contributed by atoms with Crippen molar-refractivity contribution in [2.75, 3.05) is 19.9 Å². The molecular weight excluding hydrogens is 243 g/mol. The fourth-order valence-electron chi connectivity index (χ4n) is 2.12. The highest BCUT2D eigenvalue weighted by atomic mass is 19.1. The molecule has 3 N–H and O–H groups in total. The van der Waals surface area contributed by atoms with E-state index in [0.717, 1.165) is 11.1 Å². The van der Waals surface area contributed by atoms with Crippen LogP contribution < -0.4 is 15.8 Å². The van der Waals surface area contributed by atoms with Crippen molar-refractivity contribution >= 4 is 5.69 Å². The number of rotatable bonds is 4. The first-order valence-corrected chi connectivity index (χ1v) is 6.02. The largest absolute Gasteiger partial charge is 0.496 e. The summed E-state index contributed by atoms with van der Waals surface area (Å²) in [5.74, 6) is 0.365. The fraction of sp³-hybridized carbons (Fsp3) is 0.200. The molecule has 2 aromatic carbocycles. The Bertz CT molecular complexity index is 555. The summed E-state index contributed by atoms with van der Waals surface area (Å²) >= 11 is 0. The van der Waals surface area contributed by atoms with Crippen LogP contribution in [0.3, 0.4) is 0 Å². The summed E-state index contributed by atoms with van der Waals surface area (Å²) in [5.41, 5.74) is 8.14. The molecule has 0 aromatic heterocycles. The van der Waals surface area contributed by atoms with Gasteiger partial charge >= 0.3 is 0 Å². The van der Waals surface area contributed by atoms with Gasteiger partial charge in [-0.25, -0.2) is 4.39 Å². The van der Waals surface area contributed by atoms with Gasteiger partial charge in [0.25, 0.3) is 0 Å². The van der Waals surface area contributed by atoms with Gasteiger partial charge in [0, 0.05) is 11.3 Å². The molecule has 0 spiro atoms. The van der Waals surface area contributed by atoms with Crippen molar-refractivity contribution in [3.63, 3.8) is 0 Å². The van der Waals surface area contributed by atoms with Crippen molar-refractivity contribution in [2.24, 2.45) is 0 Å². The van der Waals surface area contributed by atoms with Crippen LogP contribution in [0.4, 0.5) is 10.1 Å². The molecule has 2 aromatic rings. The van der Waals surface area contributed by atoms with Gasteiger partial charge in [-0.05, 0) is 42.9 Å². The molecule has 3 nitrogen and oxygen atoms in total. The summed E-state index contributed by atoms with van der Waals surface area (Å²) in [5, 5.41) is 3.17. The highest BCUT2D eigenvalue weighted by Crippen LogP contribution is 2.30. The molecule has 0 saturated carbocycles. The van der Waals surface area contributed by atoms with Crippen LogP contribution in [0.5, 0.6) is 5.75 Å². The van der Waals surface area contributed by atoms with Crippen LogP contribution in [-0.2, 0) is 0 Å². The number of nitrogens with two attached hydrogens (primary N) is 1. The topological polar surface area (TPSA) is 47.3 Å². The third-order valence-corrected chi connectivity index (χ3v) is 3.06. The molecule has 0 fully saturated rings. The third kappa shape index (κ3) is 2.85. The summed E-state index contributed by atoms with van der Waals surface area (Å²) in [6.07, 6.45) is 0. The molecule has 0 aliphatic rings. The Morgan fingerprint density at radius 2 is 1.84 bits per heavy atom. The number of methoxy groups -OCH3 is 1. The van der Waals surface area contributed by atoms with E-state index in [4.69, 9.17) is 10.5 Å².